The van der Waals surface area contributed by atoms with Crippen LogP contribution in [0.5, 0.6) is 0 Å². The second kappa shape index (κ2) is 7.98. The highest BCUT2D eigenvalue weighted by Crippen LogP contribution is 2.39. The lowest BCUT2D eigenvalue weighted by Crippen LogP contribution is -2.35. The Morgan fingerprint density at radius 1 is 1.07 bits per heavy atom. The van der Waals surface area contributed by atoms with Crippen molar-refractivity contribution < 1.29 is 0 Å². The Morgan fingerprint density at radius 3 is 2.55 bits per heavy atom. The number of hydrogen-bond donors (Lipinski definition) is 2. The van der Waals surface area contributed by atoms with Gasteiger partial charge in [-0.1, -0.05) is 50.6 Å². The predicted molar refractivity (Wildman–Crippen MR) is 115 cm³/mol. The molecule has 9 heteroatoms. The van der Waals surface area contributed by atoms with Crippen LogP contribution in [0, 0.1) is 11.8 Å². The van der Waals surface area contributed by atoms with Gasteiger partial charge in [-0.05, 0) is 30.4 Å². The highest BCUT2D eigenvalue weighted by Gasteiger charge is 2.31. The maximum Gasteiger partial charge on any atom is 0.262 e. The number of anilines is 2. The number of nitrogens with two attached hydrogens (primary N) is 2. The second-order valence-corrected chi connectivity index (χ2v) is 8.62. The molecule has 1 saturated carbocycles. The fourth-order valence-corrected chi connectivity index (χ4v) is 5.00. The van der Waals surface area contributed by atoms with E-state index in [-0.39, 0.29) is 23.5 Å². The quantitative estimate of drug-likeness (QED) is 0.495. The number of nitrogens with zero attached hydrogens (tertiary/aromatic N) is 5. The number of benzene rings is 1. The highest BCUT2D eigenvalue weighted by atomic mass is 32.2. The van der Waals surface area contributed by atoms with Crippen molar-refractivity contribution >= 4 is 34.6 Å². The van der Waals surface area contributed by atoms with Gasteiger partial charge in [0.1, 0.15) is 5.82 Å². The van der Waals surface area contributed by atoms with E-state index in [9.17, 15) is 4.79 Å². The van der Waals surface area contributed by atoms with Crippen molar-refractivity contribution in [1.82, 2.24) is 24.5 Å². The average molecular weight is 412 g/mol. The molecule has 3 aromatic rings. The molecule has 2 heterocycles. The fourth-order valence-electron chi connectivity index (χ4n) is 4.09. The molecule has 29 heavy (non-hydrogen) atoms. The summed E-state index contributed by atoms with van der Waals surface area (Å²) in [5.74, 6) is 2.01. The van der Waals surface area contributed by atoms with E-state index < -0.39 is 0 Å². The third kappa shape index (κ3) is 3.91. The van der Waals surface area contributed by atoms with Crippen LogP contribution in [0.2, 0.25) is 0 Å². The Kier molecular flexibility index (Phi) is 5.40. The van der Waals surface area contributed by atoms with E-state index in [2.05, 4.69) is 28.8 Å². The third-order valence-electron chi connectivity index (χ3n) is 5.82. The molecule has 0 bridgehead atoms. The topological polar surface area (TPSA) is 126 Å². The Bertz CT molecular complexity index is 1080. The molecule has 1 aromatic carbocycles. The zero-order valence-corrected chi connectivity index (χ0v) is 17.4. The standard InChI is InChI=1S/C20H25N7OS/c1-11-6-5-9-15(12(11)2)27-17(28)13-7-3-4-8-14(13)23-20(27)29-10-16-24-18(21)26-19(22)25-16/h3-4,7-8,11-12,15H,5-6,9-10H2,1-2H3,(H4,21,22,24,25,26)/t11-,12+,15-/m0/s1. The van der Waals surface area contributed by atoms with Gasteiger partial charge < -0.3 is 11.5 Å². The van der Waals surface area contributed by atoms with Gasteiger partial charge in [0, 0.05) is 6.04 Å². The summed E-state index contributed by atoms with van der Waals surface area (Å²) >= 11 is 1.43. The van der Waals surface area contributed by atoms with Crippen molar-refractivity contribution in [3.05, 3.63) is 40.4 Å². The maximum atomic E-state index is 13.4. The zero-order chi connectivity index (χ0) is 20.5. The van der Waals surface area contributed by atoms with E-state index in [1.165, 1.54) is 18.2 Å². The summed E-state index contributed by atoms with van der Waals surface area (Å²) in [6, 6.07) is 7.62. The molecular formula is C20H25N7OS. The first kappa shape index (κ1) is 19.6. The Labute approximate surface area is 173 Å². The lowest BCUT2D eigenvalue weighted by Gasteiger charge is -2.36. The van der Waals surface area contributed by atoms with Gasteiger partial charge >= 0.3 is 0 Å². The molecule has 0 spiro atoms. The molecule has 1 fully saturated rings. The van der Waals surface area contributed by atoms with Gasteiger partial charge in [0.05, 0.1) is 16.7 Å². The molecular weight excluding hydrogens is 386 g/mol. The summed E-state index contributed by atoms with van der Waals surface area (Å²) in [7, 11) is 0. The first-order valence-electron chi connectivity index (χ1n) is 9.84. The largest absolute Gasteiger partial charge is 0.368 e. The van der Waals surface area contributed by atoms with E-state index in [0.29, 0.717) is 39.5 Å². The molecule has 8 nitrogen and oxygen atoms in total. The van der Waals surface area contributed by atoms with Gasteiger partial charge in [-0.25, -0.2) is 4.98 Å². The Hall–Kier alpha value is -2.68. The zero-order valence-electron chi connectivity index (χ0n) is 16.6. The van der Waals surface area contributed by atoms with Gasteiger partial charge in [-0.2, -0.15) is 15.0 Å². The summed E-state index contributed by atoms with van der Waals surface area (Å²) in [4.78, 5) is 30.4. The van der Waals surface area contributed by atoms with E-state index in [0.717, 1.165) is 12.8 Å². The molecule has 1 aliphatic rings. The van der Waals surface area contributed by atoms with Crippen LogP contribution in [-0.2, 0) is 5.75 Å². The summed E-state index contributed by atoms with van der Waals surface area (Å²) < 4.78 is 1.89. The Balaban J connectivity index is 1.78. The molecule has 152 valence electrons. The number of rotatable bonds is 4. The molecule has 0 unspecified atom stereocenters. The molecule has 3 atom stereocenters. The summed E-state index contributed by atoms with van der Waals surface area (Å²) in [5, 5.41) is 1.33. The predicted octanol–water partition coefficient (Wildman–Crippen LogP) is 3.04. The van der Waals surface area contributed by atoms with Crippen molar-refractivity contribution in [2.75, 3.05) is 11.5 Å². The maximum absolute atomic E-state index is 13.4. The number of nitrogen functional groups attached to an aromatic ring is 2. The van der Waals surface area contributed by atoms with E-state index in [4.69, 9.17) is 16.5 Å². The van der Waals surface area contributed by atoms with Crippen molar-refractivity contribution in [3.8, 4) is 0 Å². The minimum Gasteiger partial charge on any atom is -0.368 e. The van der Waals surface area contributed by atoms with Crippen molar-refractivity contribution in [3.63, 3.8) is 0 Å². The van der Waals surface area contributed by atoms with E-state index in [1.807, 2.05) is 28.8 Å². The summed E-state index contributed by atoms with van der Waals surface area (Å²) in [6.45, 7) is 4.50. The summed E-state index contributed by atoms with van der Waals surface area (Å²) in [6.07, 6.45) is 3.28. The molecule has 0 radical (unpaired) electrons. The van der Waals surface area contributed by atoms with Gasteiger partial charge in [0.2, 0.25) is 11.9 Å². The average Bonchev–Trinajstić information content (AvgIpc) is 2.68. The second-order valence-electron chi connectivity index (χ2n) is 7.68. The monoisotopic (exact) mass is 411 g/mol. The van der Waals surface area contributed by atoms with Crippen LogP contribution in [0.1, 0.15) is 45.0 Å². The van der Waals surface area contributed by atoms with Gasteiger partial charge in [-0.3, -0.25) is 9.36 Å². The number of aromatic nitrogens is 5. The minimum atomic E-state index is 0.0127. The number of hydrogen-bond acceptors (Lipinski definition) is 8. The lowest BCUT2D eigenvalue weighted by molar-refractivity contribution is 0.173. The molecule has 4 rings (SSSR count). The molecule has 0 amide bonds. The molecule has 0 saturated heterocycles. The number of fused-ring (bicyclic) bond motifs is 1. The van der Waals surface area contributed by atoms with Crippen LogP contribution in [-0.4, -0.2) is 24.5 Å². The lowest BCUT2D eigenvalue weighted by atomic mass is 9.78. The van der Waals surface area contributed by atoms with E-state index >= 15 is 0 Å². The first-order chi connectivity index (χ1) is 13.9. The van der Waals surface area contributed by atoms with Crippen LogP contribution >= 0.6 is 11.8 Å². The van der Waals surface area contributed by atoms with Crippen LogP contribution in [0.4, 0.5) is 11.9 Å². The number of para-hydroxylation sites is 1. The van der Waals surface area contributed by atoms with E-state index in [1.54, 1.807) is 0 Å². The third-order valence-corrected chi connectivity index (χ3v) is 6.77. The molecule has 4 N–H and O–H groups in total. The van der Waals surface area contributed by atoms with Crippen molar-refractivity contribution in [1.29, 1.82) is 0 Å². The fraction of sp³-hybridized carbons (Fsp3) is 0.450. The first-order valence-corrected chi connectivity index (χ1v) is 10.8. The van der Waals surface area contributed by atoms with Crippen LogP contribution < -0.4 is 17.0 Å². The summed E-state index contributed by atoms with van der Waals surface area (Å²) in [5.41, 5.74) is 12.1. The molecule has 2 aromatic heterocycles. The van der Waals surface area contributed by atoms with Gasteiger partial charge in [0.25, 0.3) is 5.56 Å². The van der Waals surface area contributed by atoms with Gasteiger partial charge in [-0.15, -0.1) is 0 Å². The van der Waals surface area contributed by atoms with Crippen molar-refractivity contribution in [2.24, 2.45) is 11.8 Å². The smallest absolute Gasteiger partial charge is 0.262 e. The molecule has 1 aliphatic carbocycles. The van der Waals surface area contributed by atoms with Crippen LogP contribution in [0.3, 0.4) is 0 Å². The Morgan fingerprint density at radius 2 is 1.79 bits per heavy atom. The minimum absolute atomic E-state index is 0.0127. The number of thioether (sulfide) groups is 1. The normalized spacial score (nSPS) is 22.1. The van der Waals surface area contributed by atoms with Crippen LogP contribution in [0.15, 0.2) is 34.2 Å². The van der Waals surface area contributed by atoms with Gasteiger partial charge in [0.15, 0.2) is 5.16 Å². The molecule has 0 aliphatic heterocycles. The SMILES string of the molecule is C[C@@H]1[C@@H](C)CCC[C@@H]1n1c(SCc2nc(N)nc(N)n2)nc2ccccc2c1=O. The van der Waals surface area contributed by atoms with Crippen LogP contribution in [0.25, 0.3) is 10.9 Å². The highest BCUT2D eigenvalue weighted by molar-refractivity contribution is 7.98. The van der Waals surface area contributed by atoms with Crippen molar-refractivity contribution in [2.45, 2.75) is 50.1 Å².